The smallest absolute Gasteiger partial charge is 0.237 e. The maximum atomic E-state index is 12.1. The zero-order valence-electron chi connectivity index (χ0n) is 12.0. The summed E-state index contributed by atoms with van der Waals surface area (Å²) in [6, 6.07) is 0. The first-order chi connectivity index (χ1) is 9.13. The monoisotopic (exact) mass is 269 g/mol. The van der Waals surface area contributed by atoms with Crippen molar-refractivity contribution in [3.05, 3.63) is 0 Å². The molecule has 1 aliphatic heterocycles. The largest absolute Gasteiger partial charge is 0.368 e. The maximum absolute atomic E-state index is 12.1. The second kappa shape index (κ2) is 8.91. The Balaban J connectivity index is 2.34. The molecule has 3 N–H and O–H groups in total. The van der Waals surface area contributed by atoms with Gasteiger partial charge in [-0.1, -0.05) is 13.3 Å². The topological polar surface area (TPSA) is 75.4 Å². The summed E-state index contributed by atoms with van der Waals surface area (Å²) in [7, 11) is 0. The van der Waals surface area contributed by atoms with Crippen LogP contribution in [0.25, 0.3) is 0 Å². The summed E-state index contributed by atoms with van der Waals surface area (Å²) in [5.41, 5.74) is 5.20. The Hall–Kier alpha value is -1.10. The van der Waals surface area contributed by atoms with E-state index in [1.807, 2.05) is 0 Å². The van der Waals surface area contributed by atoms with E-state index in [0.29, 0.717) is 18.9 Å². The molecule has 0 atom stereocenters. The molecule has 110 valence electrons. The van der Waals surface area contributed by atoms with E-state index in [2.05, 4.69) is 12.2 Å². The Labute approximate surface area is 115 Å². The molecule has 1 saturated heterocycles. The number of hydrogen-bond acceptors (Lipinski definition) is 3. The van der Waals surface area contributed by atoms with Gasteiger partial charge in [-0.05, 0) is 44.7 Å². The summed E-state index contributed by atoms with van der Waals surface area (Å²) in [5, 5.41) is 3.32. The van der Waals surface area contributed by atoms with Gasteiger partial charge in [-0.25, -0.2) is 0 Å². The van der Waals surface area contributed by atoms with E-state index in [-0.39, 0.29) is 12.5 Å². The van der Waals surface area contributed by atoms with Crippen molar-refractivity contribution in [2.24, 2.45) is 11.7 Å². The fourth-order valence-electron chi connectivity index (χ4n) is 2.49. The fraction of sp³-hybridized carbons (Fsp3) is 0.857. The fourth-order valence-corrected chi connectivity index (χ4v) is 2.49. The number of rotatable bonds is 8. The van der Waals surface area contributed by atoms with E-state index < -0.39 is 5.91 Å². The third kappa shape index (κ3) is 6.57. The Morgan fingerprint density at radius 1 is 1.32 bits per heavy atom. The SMILES string of the molecule is CCCCN(CC(N)=O)C(=O)CCC1CCNCC1. The van der Waals surface area contributed by atoms with Crippen molar-refractivity contribution in [1.29, 1.82) is 0 Å². The van der Waals surface area contributed by atoms with Crippen molar-refractivity contribution < 1.29 is 9.59 Å². The number of piperidine rings is 1. The summed E-state index contributed by atoms with van der Waals surface area (Å²) in [4.78, 5) is 24.8. The molecule has 0 unspecified atom stereocenters. The summed E-state index contributed by atoms with van der Waals surface area (Å²) in [6.45, 7) is 4.89. The van der Waals surface area contributed by atoms with Crippen LogP contribution in [0.1, 0.15) is 45.4 Å². The molecule has 0 radical (unpaired) electrons. The second-order valence-corrected chi connectivity index (χ2v) is 5.37. The Morgan fingerprint density at radius 3 is 2.58 bits per heavy atom. The van der Waals surface area contributed by atoms with Gasteiger partial charge in [-0.2, -0.15) is 0 Å². The summed E-state index contributed by atoms with van der Waals surface area (Å²) in [6.07, 6.45) is 5.71. The molecule has 1 rings (SSSR count). The van der Waals surface area contributed by atoms with Crippen LogP contribution in [0.2, 0.25) is 0 Å². The van der Waals surface area contributed by atoms with E-state index in [9.17, 15) is 9.59 Å². The molecule has 5 heteroatoms. The molecule has 1 aliphatic rings. The van der Waals surface area contributed by atoms with Gasteiger partial charge in [0, 0.05) is 13.0 Å². The highest BCUT2D eigenvalue weighted by Gasteiger charge is 2.18. The van der Waals surface area contributed by atoms with Crippen molar-refractivity contribution in [2.45, 2.75) is 45.4 Å². The van der Waals surface area contributed by atoms with Gasteiger partial charge in [0.1, 0.15) is 0 Å². The molecular weight excluding hydrogens is 242 g/mol. The van der Waals surface area contributed by atoms with Crippen molar-refractivity contribution in [3.63, 3.8) is 0 Å². The van der Waals surface area contributed by atoms with Crippen LogP contribution in [-0.2, 0) is 9.59 Å². The molecule has 0 spiro atoms. The molecule has 0 aromatic rings. The van der Waals surface area contributed by atoms with Crippen LogP contribution in [-0.4, -0.2) is 42.9 Å². The molecule has 0 aromatic carbocycles. The first-order valence-corrected chi connectivity index (χ1v) is 7.40. The quantitative estimate of drug-likeness (QED) is 0.687. The van der Waals surface area contributed by atoms with Crippen LogP contribution < -0.4 is 11.1 Å². The van der Waals surface area contributed by atoms with E-state index in [0.717, 1.165) is 45.2 Å². The van der Waals surface area contributed by atoms with Crippen LogP contribution in [0.3, 0.4) is 0 Å². The number of primary amides is 1. The lowest BCUT2D eigenvalue weighted by atomic mass is 9.93. The molecule has 0 aliphatic carbocycles. The van der Waals surface area contributed by atoms with Gasteiger partial charge < -0.3 is 16.0 Å². The first-order valence-electron chi connectivity index (χ1n) is 7.40. The van der Waals surface area contributed by atoms with Crippen molar-refractivity contribution >= 4 is 11.8 Å². The number of carbonyl (C=O) groups excluding carboxylic acids is 2. The number of nitrogens with zero attached hydrogens (tertiary/aromatic N) is 1. The number of amides is 2. The minimum atomic E-state index is -0.425. The lowest BCUT2D eigenvalue weighted by molar-refractivity contribution is -0.135. The molecule has 19 heavy (non-hydrogen) atoms. The third-order valence-corrected chi connectivity index (χ3v) is 3.71. The van der Waals surface area contributed by atoms with Crippen molar-refractivity contribution in [2.75, 3.05) is 26.2 Å². The number of nitrogens with two attached hydrogens (primary N) is 1. The van der Waals surface area contributed by atoms with Crippen LogP contribution in [0, 0.1) is 5.92 Å². The number of nitrogens with one attached hydrogen (secondary N) is 1. The molecular formula is C14H27N3O2. The average molecular weight is 269 g/mol. The zero-order chi connectivity index (χ0) is 14.1. The van der Waals surface area contributed by atoms with Gasteiger partial charge in [0.2, 0.25) is 11.8 Å². The van der Waals surface area contributed by atoms with Crippen molar-refractivity contribution in [3.8, 4) is 0 Å². The van der Waals surface area contributed by atoms with E-state index in [4.69, 9.17) is 5.73 Å². The van der Waals surface area contributed by atoms with Crippen LogP contribution >= 0.6 is 0 Å². The standard InChI is InChI=1S/C14H27N3O2/c1-2-3-10-17(11-13(15)18)14(19)5-4-12-6-8-16-9-7-12/h12,16H,2-11H2,1H3,(H2,15,18). The van der Waals surface area contributed by atoms with Gasteiger partial charge in [0.25, 0.3) is 0 Å². The Bertz CT molecular complexity index is 288. The molecule has 2 amide bonds. The highest BCUT2D eigenvalue weighted by Crippen LogP contribution is 2.18. The lowest BCUT2D eigenvalue weighted by Gasteiger charge is -2.25. The molecule has 0 bridgehead atoms. The lowest BCUT2D eigenvalue weighted by Crippen LogP contribution is -2.39. The minimum absolute atomic E-state index is 0.0606. The highest BCUT2D eigenvalue weighted by atomic mass is 16.2. The maximum Gasteiger partial charge on any atom is 0.237 e. The van der Waals surface area contributed by atoms with Gasteiger partial charge in [0.05, 0.1) is 6.54 Å². The van der Waals surface area contributed by atoms with Gasteiger partial charge in [-0.15, -0.1) is 0 Å². The molecule has 0 saturated carbocycles. The number of carbonyl (C=O) groups is 2. The summed E-state index contributed by atoms with van der Waals surface area (Å²) < 4.78 is 0. The third-order valence-electron chi connectivity index (χ3n) is 3.71. The van der Waals surface area contributed by atoms with Gasteiger partial charge in [0.15, 0.2) is 0 Å². The normalized spacial score (nSPS) is 16.3. The molecule has 5 nitrogen and oxygen atoms in total. The molecule has 0 aromatic heterocycles. The Morgan fingerprint density at radius 2 is 2.00 bits per heavy atom. The van der Waals surface area contributed by atoms with E-state index in [1.54, 1.807) is 4.90 Å². The number of unbranched alkanes of at least 4 members (excludes halogenated alkanes) is 1. The zero-order valence-corrected chi connectivity index (χ0v) is 12.0. The Kier molecular flexibility index (Phi) is 7.48. The minimum Gasteiger partial charge on any atom is -0.368 e. The van der Waals surface area contributed by atoms with Gasteiger partial charge >= 0.3 is 0 Å². The molecule has 1 fully saturated rings. The molecule has 1 heterocycles. The second-order valence-electron chi connectivity index (χ2n) is 5.37. The van der Waals surface area contributed by atoms with Gasteiger partial charge in [-0.3, -0.25) is 9.59 Å². The van der Waals surface area contributed by atoms with Crippen LogP contribution in [0.5, 0.6) is 0 Å². The van der Waals surface area contributed by atoms with Crippen molar-refractivity contribution in [1.82, 2.24) is 10.2 Å². The highest BCUT2D eigenvalue weighted by molar-refractivity contribution is 5.83. The summed E-state index contributed by atoms with van der Waals surface area (Å²) >= 11 is 0. The van der Waals surface area contributed by atoms with Crippen LogP contribution in [0.15, 0.2) is 0 Å². The van der Waals surface area contributed by atoms with E-state index >= 15 is 0 Å². The number of hydrogen-bond donors (Lipinski definition) is 2. The van der Waals surface area contributed by atoms with E-state index in [1.165, 1.54) is 0 Å². The predicted molar refractivity (Wildman–Crippen MR) is 75.5 cm³/mol. The first kappa shape index (κ1) is 16.0. The summed E-state index contributed by atoms with van der Waals surface area (Å²) in [5.74, 6) is 0.295. The van der Waals surface area contributed by atoms with Crippen LogP contribution in [0.4, 0.5) is 0 Å². The average Bonchev–Trinajstić information content (AvgIpc) is 2.41. The predicted octanol–water partition coefficient (Wildman–Crippen LogP) is 0.880.